The second-order valence-corrected chi connectivity index (χ2v) is 8.14. The second-order valence-electron chi connectivity index (χ2n) is 4.19. The Labute approximate surface area is 111 Å². The molecule has 18 heavy (non-hydrogen) atoms. The number of sulfone groups is 1. The lowest BCUT2D eigenvalue weighted by Crippen LogP contribution is -2.30. The topological polar surface area (TPSA) is 97.5 Å². The molecule has 0 fully saturated rings. The number of hydrogen-bond donors (Lipinski definition) is 1. The SMILES string of the molecule is CN(CCCN)C(=O)CCS(=O)CCS(C)(=O)=O. The maximum atomic E-state index is 11.6. The highest BCUT2D eigenvalue weighted by molar-refractivity contribution is 7.92. The van der Waals surface area contributed by atoms with Crippen molar-refractivity contribution in [3.05, 3.63) is 0 Å². The van der Waals surface area contributed by atoms with Crippen molar-refractivity contribution in [3.8, 4) is 0 Å². The average Bonchev–Trinajstić information content (AvgIpc) is 2.29. The van der Waals surface area contributed by atoms with E-state index in [1.807, 2.05) is 0 Å². The summed E-state index contributed by atoms with van der Waals surface area (Å²) in [5.74, 6) is 0.118. The van der Waals surface area contributed by atoms with Gasteiger partial charge in [-0.25, -0.2) is 8.42 Å². The predicted octanol–water partition coefficient (Wildman–Crippen LogP) is -1.02. The van der Waals surface area contributed by atoms with E-state index in [1.165, 1.54) is 0 Å². The highest BCUT2D eigenvalue weighted by Gasteiger charge is 2.11. The van der Waals surface area contributed by atoms with Gasteiger partial charge >= 0.3 is 0 Å². The van der Waals surface area contributed by atoms with Crippen molar-refractivity contribution in [2.75, 3.05) is 43.7 Å². The van der Waals surface area contributed by atoms with Crippen molar-refractivity contribution in [1.82, 2.24) is 4.90 Å². The Morgan fingerprint density at radius 2 is 1.94 bits per heavy atom. The summed E-state index contributed by atoms with van der Waals surface area (Å²) in [5.41, 5.74) is 5.34. The third kappa shape index (κ3) is 9.55. The largest absolute Gasteiger partial charge is 0.346 e. The predicted molar refractivity (Wildman–Crippen MR) is 73.5 cm³/mol. The van der Waals surface area contributed by atoms with Crippen LogP contribution in [0.25, 0.3) is 0 Å². The zero-order valence-corrected chi connectivity index (χ0v) is 12.6. The third-order valence-electron chi connectivity index (χ3n) is 2.35. The smallest absolute Gasteiger partial charge is 0.223 e. The van der Waals surface area contributed by atoms with E-state index in [1.54, 1.807) is 11.9 Å². The fourth-order valence-electron chi connectivity index (χ4n) is 1.19. The van der Waals surface area contributed by atoms with Crippen LogP contribution in [0.5, 0.6) is 0 Å². The van der Waals surface area contributed by atoms with Gasteiger partial charge in [-0.1, -0.05) is 0 Å². The van der Waals surface area contributed by atoms with Crippen LogP contribution in [-0.4, -0.2) is 67.1 Å². The Kier molecular flexibility index (Phi) is 8.38. The molecule has 0 aromatic rings. The number of nitrogens with zero attached hydrogens (tertiary/aromatic N) is 1. The molecule has 0 radical (unpaired) electrons. The number of amides is 1. The van der Waals surface area contributed by atoms with Crippen molar-refractivity contribution in [1.29, 1.82) is 0 Å². The monoisotopic (exact) mass is 298 g/mol. The van der Waals surface area contributed by atoms with Crippen LogP contribution < -0.4 is 5.73 Å². The van der Waals surface area contributed by atoms with E-state index < -0.39 is 20.6 Å². The summed E-state index contributed by atoms with van der Waals surface area (Å²) in [6.07, 6.45) is 2.02. The van der Waals surface area contributed by atoms with Crippen molar-refractivity contribution < 1.29 is 17.4 Å². The Hall–Kier alpha value is -0.470. The second kappa shape index (κ2) is 8.60. The Morgan fingerprint density at radius 1 is 1.33 bits per heavy atom. The van der Waals surface area contributed by atoms with Gasteiger partial charge in [0, 0.05) is 48.6 Å². The molecule has 1 unspecified atom stereocenters. The molecule has 0 saturated carbocycles. The normalized spacial score (nSPS) is 13.3. The summed E-state index contributed by atoms with van der Waals surface area (Å²) in [5, 5.41) is 0. The van der Waals surface area contributed by atoms with Gasteiger partial charge in [-0.2, -0.15) is 0 Å². The van der Waals surface area contributed by atoms with Gasteiger partial charge in [-0.05, 0) is 13.0 Å². The first-order valence-corrected chi connectivity index (χ1v) is 9.28. The van der Waals surface area contributed by atoms with Gasteiger partial charge in [-0.3, -0.25) is 9.00 Å². The molecule has 0 heterocycles. The first kappa shape index (κ1) is 17.5. The maximum Gasteiger partial charge on any atom is 0.223 e. The van der Waals surface area contributed by atoms with Gasteiger partial charge < -0.3 is 10.6 Å². The molecule has 8 heteroatoms. The van der Waals surface area contributed by atoms with Gasteiger partial charge in [0.2, 0.25) is 5.91 Å². The summed E-state index contributed by atoms with van der Waals surface area (Å²) in [6, 6.07) is 0. The summed E-state index contributed by atoms with van der Waals surface area (Å²) >= 11 is 0. The van der Waals surface area contributed by atoms with E-state index >= 15 is 0 Å². The van der Waals surface area contributed by atoms with Crippen molar-refractivity contribution in [2.24, 2.45) is 5.73 Å². The molecule has 0 aliphatic heterocycles. The van der Waals surface area contributed by atoms with E-state index in [0.717, 1.165) is 12.7 Å². The van der Waals surface area contributed by atoms with Crippen molar-refractivity contribution in [3.63, 3.8) is 0 Å². The number of nitrogens with two attached hydrogens (primary N) is 1. The number of rotatable bonds is 9. The molecule has 1 atom stereocenters. The van der Waals surface area contributed by atoms with Crippen LogP contribution in [0.15, 0.2) is 0 Å². The summed E-state index contributed by atoms with van der Waals surface area (Å²) in [4.78, 5) is 13.1. The minimum absolute atomic E-state index is 0.0869. The van der Waals surface area contributed by atoms with E-state index in [9.17, 15) is 17.4 Å². The molecule has 0 spiro atoms. The number of carbonyl (C=O) groups excluding carboxylic acids is 1. The van der Waals surface area contributed by atoms with Crippen LogP contribution in [0.3, 0.4) is 0 Å². The van der Waals surface area contributed by atoms with Gasteiger partial charge in [0.25, 0.3) is 0 Å². The highest BCUT2D eigenvalue weighted by atomic mass is 32.2. The summed E-state index contributed by atoms with van der Waals surface area (Å²) in [6.45, 7) is 1.11. The van der Waals surface area contributed by atoms with Crippen LogP contribution in [0.4, 0.5) is 0 Å². The molecule has 1 amide bonds. The first-order chi connectivity index (χ1) is 8.26. The lowest BCUT2D eigenvalue weighted by Gasteiger charge is -2.16. The van der Waals surface area contributed by atoms with Crippen LogP contribution in [-0.2, 0) is 25.4 Å². The number of carbonyl (C=O) groups is 1. The maximum absolute atomic E-state index is 11.6. The van der Waals surface area contributed by atoms with Gasteiger partial charge in [0.05, 0.1) is 5.75 Å². The molecular weight excluding hydrogens is 276 g/mol. The Balaban J connectivity index is 3.88. The fourth-order valence-corrected chi connectivity index (χ4v) is 3.75. The molecule has 0 saturated heterocycles. The van der Waals surface area contributed by atoms with E-state index in [-0.39, 0.29) is 29.6 Å². The summed E-state index contributed by atoms with van der Waals surface area (Å²) < 4.78 is 33.2. The molecule has 0 aliphatic carbocycles. The fraction of sp³-hybridized carbons (Fsp3) is 0.900. The minimum atomic E-state index is -3.09. The Bertz CT molecular complexity index is 381. The van der Waals surface area contributed by atoms with Crippen LogP contribution in [0, 0.1) is 0 Å². The minimum Gasteiger partial charge on any atom is -0.346 e. The zero-order chi connectivity index (χ0) is 14.2. The van der Waals surface area contributed by atoms with Crippen molar-refractivity contribution in [2.45, 2.75) is 12.8 Å². The molecular formula is C10H22N2O4S2. The standard InChI is InChI=1S/C10H22N2O4S2/c1-12(6-3-5-11)10(13)4-7-17(14)8-9-18(2,15)16/h3-9,11H2,1-2H3. The van der Waals surface area contributed by atoms with Crippen LogP contribution in [0.2, 0.25) is 0 Å². The van der Waals surface area contributed by atoms with Crippen LogP contribution in [0.1, 0.15) is 12.8 Å². The number of hydrogen-bond acceptors (Lipinski definition) is 5. The summed E-state index contributed by atoms with van der Waals surface area (Å²) in [7, 11) is -2.67. The molecule has 0 bridgehead atoms. The molecule has 108 valence electrons. The van der Waals surface area contributed by atoms with E-state index in [0.29, 0.717) is 13.1 Å². The average molecular weight is 298 g/mol. The van der Waals surface area contributed by atoms with Gasteiger partial charge in [0.1, 0.15) is 9.84 Å². The molecule has 0 rings (SSSR count). The third-order valence-corrected chi connectivity index (χ3v) is 4.87. The van der Waals surface area contributed by atoms with E-state index in [2.05, 4.69) is 0 Å². The van der Waals surface area contributed by atoms with Gasteiger partial charge in [-0.15, -0.1) is 0 Å². The molecule has 6 nitrogen and oxygen atoms in total. The van der Waals surface area contributed by atoms with Gasteiger partial charge in [0.15, 0.2) is 0 Å². The lowest BCUT2D eigenvalue weighted by atomic mass is 10.3. The zero-order valence-electron chi connectivity index (χ0n) is 10.9. The molecule has 0 aromatic carbocycles. The first-order valence-electron chi connectivity index (χ1n) is 5.73. The molecule has 0 aromatic heterocycles. The van der Waals surface area contributed by atoms with E-state index in [4.69, 9.17) is 5.73 Å². The quantitative estimate of drug-likeness (QED) is 0.587. The molecule has 2 N–H and O–H groups in total. The van der Waals surface area contributed by atoms with Crippen LogP contribution >= 0.6 is 0 Å². The Morgan fingerprint density at radius 3 is 2.44 bits per heavy atom. The molecule has 0 aliphatic rings. The lowest BCUT2D eigenvalue weighted by molar-refractivity contribution is -0.129. The van der Waals surface area contributed by atoms with Crippen molar-refractivity contribution >= 4 is 26.5 Å². The highest BCUT2D eigenvalue weighted by Crippen LogP contribution is 1.97.